The summed E-state index contributed by atoms with van der Waals surface area (Å²) in [4.78, 5) is 2.52. The van der Waals surface area contributed by atoms with Crippen LogP contribution in [0.15, 0.2) is 223 Å². The van der Waals surface area contributed by atoms with Gasteiger partial charge in [-0.15, -0.1) is 0 Å². The second-order valence-electron chi connectivity index (χ2n) is 15.9. The van der Waals surface area contributed by atoms with Gasteiger partial charge < -0.3 is 13.9 Å². The molecule has 0 fully saturated rings. The van der Waals surface area contributed by atoms with Gasteiger partial charge in [-0.3, -0.25) is 0 Å². The Kier molecular flexibility index (Phi) is 7.31. The lowest BCUT2D eigenvalue weighted by molar-refractivity contribution is 0.670. The molecule has 0 saturated carbocycles. The summed E-state index contributed by atoms with van der Waals surface area (Å²) in [6.07, 6.45) is 0. The van der Waals surface area contributed by atoms with E-state index in [1.165, 1.54) is 54.9 Å². The molecular formula is C58H36N2O. The van der Waals surface area contributed by atoms with Crippen molar-refractivity contribution in [2.24, 2.45) is 0 Å². The van der Waals surface area contributed by atoms with Crippen molar-refractivity contribution in [3.8, 4) is 50.2 Å². The molecule has 12 aromatic rings. The summed E-state index contributed by atoms with van der Waals surface area (Å²) in [5.41, 5.74) is 18.2. The van der Waals surface area contributed by atoms with Crippen LogP contribution >= 0.6 is 0 Å². The predicted octanol–water partition coefficient (Wildman–Crippen LogP) is 16.3. The van der Waals surface area contributed by atoms with Gasteiger partial charge in [0.2, 0.25) is 0 Å². The molecule has 0 aliphatic heterocycles. The van der Waals surface area contributed by atoms with Gasteiger partial charge in [0, 0.05) is 43.6 Å². The summed E-state index contributed by atoms with van der Waals surface area (Å²) in [6, 6.07) is 79.2. The first-order valence-electron chi connectivity index (χ1n) is 20.9. The minimum absolute atomic E-state index is 0.895. The van der Waals surface area contributed by atoms with E-state index in [1.54, 1.807) is 0 Å². The molecule has 3 nitrogen and oxygen atoms in total. The van der Waals surface area contributed by atoms with Crippen molar-refractivity contribution in [2.45, 2.75) is 0 Å². The Morgan fingerprint density at radius 3 is 1.74 bits per heavy atom. The normalized spacial score (nSPS) is 11.9. The lowest BCUT2D eigenvalue weighted by Gasteiger charge is -2.30. The van der Waals surface area contributed by atoms with Gasteiger partial charge in [0.15, 0.2) is 0 Å². The smallest absolute Gasteiger partial charge is 0.143 e. The highest BCUT2D eigenvalue weighted by Gasteiger charge is 2.28. The molecule has 2 heterocycles. The fourth-order valence-corrected chi connectivity index (χ4v) is 10.2. The molecule has 13 rings (SSSR count). The summed E-state index contributed by atoms with van der Waals surface area (Å²) in [5, 5.41) is 7.13. The molecule has 0 amide bonds. The lowest BCUT2D eigenvalue weighted by atomic mass is 9.97. The summed E-state index contributed by atoms with van der Waals surface area (Å²) in [5.74, 6) is 0. The van der Waals surface area contributed by atoms with Crippen molar-refractivity contribution in [3.05, 3.63) is 218 Å². The third-order valence-electron chi connectivity index (χ3n) is 12.8. The van der Waals surface area contributed by atoms with Gasteiger partial charge in [-0.25, -0.2) is 0 Å². The molecule has 0 bridgehead atoms. The zero-order valence-corrected chi connectivity index (χ0v) is 33.1. The molecular weight excluding hydrogens is 741 g/mol. The molecule has 0 saturated heterocycles. The monoisotopic (exact) mass is 776 g/mol. The van der Waals surface area contributed by atoms with Crippen LogP contribution in [0.4, 0.5) is 17.1 Å². The molecule has 0 spiro atoms. The molecule has 284 valence electrons. The maximum atomic E-state index is 6.64. The number of aromatic nitrogens is 1. The average molecular weight is 777 g/mol. The second-order valence-corrected chi connectivity index (χ2v) is 15.9. The minimum atomic E-state index is 0.895. The van der Waals surface area contributed by atoms with E-state index in [0.29, 0.717) is 0 Å². The highest BCUT2D eigenvalue weighted by atomic mass is 16.3. The van der Waals surface area contributed by atoms with E-state index in [9.17, 15) is 0 Å². The number of anilines is 3. The van der Waals surface area contributed by atoms with Gasteiger partial charge in [0.05, 0.1) is 33.8 Å². The number of hydrogen-bond acceptors (Lipinski definition) is 2. The molecule has 3 heteroatoms. The topological polar surface area (TPSA) is 21.3 Å². The summed E-state index contributed by atoms with van der Waals surface area (Å²) in [7, 11) is 0. The van der Waals surface area contributed by atoms with E-state index >= 15 is 0 Å². The first-order valence-corrected chi connectivity index (χ1v) is 20.9. The number of nitrogens with zero attached hydrogens (tertiary/aromatic N) is 2. The van der Waals surface area contributed by atoms with Crippen LogP contribution in [-0.4, -0.2) is 4.57 Å². The molecule has 0 atom stereocenters. The van der Waals surface area contributed by atoms with Crippen LogP contribution in [0.1, 0.15) is 0 Å². The van der Waals surface area contributed by atoms with E-state index in [-0.39, 0.29) is 0 Å². The predicted molar refractivity (Wildman–Crippen MR) is 256 cm³/mol. The number of rotatable bonds is 6. The largest absolute Gasteiger partial charge is 0.455 e. The fourth-order valence-electron chi connectivity index (χ4n) is 10.2. The Labute approximate surface area is 352 Å². The minimum Gasteiger partial charge on any atom is -0.455 e. The molecule has 61 heavy (non-hydrogen) atoms. The Balaban J connectivity index is 1.11. The zero-order chi connectivity index (χ0) is 40.0. The van der Waals surface area contributed by atoms with Gasteiger partial charge >= 0.3 is 0 Å². The van der Waals surface area contributed by atoms with Gasteiger partial charge in [-0.1, -0.05) is 176 Å². The van der Waals surface area contributed by atoms with Crippen LogP contribution in [-0.2, 0) is 0 Å². The standard InChI is InChI=1S/C58H36N2O/c1-2-17-37(18-3-1)38-19-6-10-29-49(38)59(52-36-35-44-40-21-5-4-20-39(40)43-25-14-28-47(52)56(43)44)53-32-16-33-54-57(53)48-24-8-12-31-51(48)60(54)50-30-11-7-22-41(50)45-26-15-27-46-42-23-9-13-34-55(42)61-58(45)46/h1-36H. The molecule has 10 aromatic carbocycles. The Bertz CT molecular complexity index is 3690. The number of hydrogen-bond donors (Lipinski definition) is 0. The van der Waals surface area contributed by atoms with Crippen LogP contribution in [0.5, 0.6) is 0 Å². The highest BCUT2D eigenvalue weighted by Crippen LogP contribution is 2.53. The van der Waals surface area contributed by atoms with E-state index in [1.807, 2.05) is 6.07 Å². The summed E-state index contributed by atoms with van der Waals surface area (Å²) < 4.78 is 9.10. The van der Waals surface area contributed by atoms with E-state index in [4.69, 9.17) is 4.42 Å². The number of fused-ring (bicyclic) bond motifs is 9. The SMILES string of the molecule is c1ccc(-c2ccccc2N(c2ccc3c4c(cccc24)-c2ccccc2-3)c2cccc3c2c2ccccc2n3-c2ccccc2-c2cccc3c2oc2ccccc23)cc1. The summed E-state index contributed by atoms with van der Waals surface area (Å²) >= 11 is 0. The quantitative estimate of drug-likeness (QED) is 0.168. The molecule has 0 unspecified atom stereocenters. The van der Waals surface area contributed by atoms with Crippen LogP contribution < -0.4 is 4.90 Å². The molecule has 0 radical (unpaired) electrons. The van der Waals surface area contributed by atoms with Gasteiger partial charge in [0.1, 0.15) is 11.2 Å². The van der Waals surface area contributed by atoms with Crippen molar-refractivity contribution in [3.63, 3.8) is 0 Å². The molecule has 1 aliphatic rings. The van der Waals surface area contributed by atoms with Crippen LogP contribution in [0, 0.1) is 0 Å². The van der Waals surface area contributed by atoms with Crippen molar-refractivity contribution < 1.29 is 4.42 Å². The zero-order valence-electron chi connectivity index (χ0n) is 33.1. The first-order chi connectivity index (χ1) is 30.3. The van der Waals surface area contributed by atoms with Gasteiger partial charge in [-0.2, -0.15) is 0 Å². The second kappa shape index (κ2) is 13.2. The maximum absolute atomic E-state index is 6.64. The van der Waals surface area contributed by atoms with Gasteiger partial charge in [-0.05, 0) is 75.7 Å². The van der Waals surface area contributed by atoms with Gasteiger partial charge in [0.25, 0.3) is 0 Å². The Morgan fingerprint density at radius 2 is 0.885 bits per heavy atom. The van der Waals surface area contributed by atoms with E-state index < -0.39 is 0 Å². The summed E-state index contributed by atoms with van der Waals surface area (Å²) in [6.45, 7) is 0. The van der Waals surface area contributed by atoms with Crippen LogP contribution in [0.2, 0.25) is 0 Å². The van der Waals surface area contributed by atoms with Crippen LogP contribution in [0.25, 0.3) is 105 Å². The third kappa shape index (κ3) is 4.92. The first kappa shape index (κ1) is 33.8. The van der Waals surface area contributed by atoms with Crippen molar-refractivity contribution in [1.82, 2.24) is 4.57 Å². The fraction of sp³-hybridized carbons (Fsp3) is 0. The Hall–Kier alpha value is -8.14. The highest BCUT2D eigenvalue weighted by molar-refractivity contribution is 6.22. The Morgan fingerprint density at radius 1 is 0.311 bits per heavy atom. The number of para-hydroxylation sites is 5. The third-order valence-corrected chi connectivity index (χ3v) is 12.8. The number of furan rings is 1. The van der Waals surface area contributed by atoms with Crippen molar-refractivity contribution in [2.75, 3.05) is 4.90 Å². The van der Waals surface area contributed by atoms with E-state index in [0.717, 1.165) is 66.8 Å². The molecule has 0 N–H and O–H groups in total. The molecule has 2 aromatic heterocycles. The lowest BCUT2D eigenvalue weighted by Crippen LogP contribution is -2.12. The van der Waals surface area contributed by atoms with E-state index in [2.05, 4.69) is 222 Å². The molecule has 1 aliphatic carbocycles. The van der Waals surface area contributed by atoms with Crippen molar-refractivity contribution >= 4 is 71.6 Å². The van der Waals surface area contributed by atoms with Crippen LogP contribution in [0.3, 0.4) is 0 Å². The average Bonchev–Trinajstić information content (AvgIpc) is 3.99. The maximum Gasteiger partial charge on any atom is 0.143 e. The van der Waals surface area contributed by atoms with Crippen molar-refractivity contribution in [1.29, 1.82) is 0 Å². The number of benzene rings is 10.